The molecular weight excluding hydrogens is 1000 g/mol. The van der Waals surface area contributed by atoms with Crippen molar-refractivity contribution in [3.8, 4) is 0 Å². The minimum atomic E-state index is -4.66. The Morgan fingerprint density at radius 1 is 0.710 bits per heavy atom. The molecule has 2 aromatic rings. The fourth-order valence-corrected chi connectivity index (χ4v) is 13.6. The number of aliphatic hydroxyl groups is 2. The average molecular weight is 1060 g/mol. The van der Waals surface area contributed by atoms with Crippen molar-refractivity contribution in [3.63, 3.8) is 0 Å². The van der Waals surface area contributed by atoms with E-state index >= 15 is 0 Å². The molecule has 2 heterocycles. The first kappa shape index (κ1) is 53.3. The molecule has 25 heteroatoms. The van der Waals surface area contributed by atoms with Gasteiger partial charge in [0.2, 0.25) is 5.71 Å². The van der Waals surface area contributed by atoms with E-state index in [1.807, 2.05) is 43.0 Å². The van der Waals surface area contributed by atoms with Crippen LogP contribution in [0, 0.1) is 6.92 Å². The molecule has 0 bridgehead atoms. The Kier molecular flexibility index (Phi) is 15.6. The molecule has 0 amide bonds. The summed E-state index contributed by atoms with van der Waals surface area (Å²) in [7, 11) is -18.3. The SMILES string of the molecule is Cc1ccc2c(c1)C1(C)CCCC(C=C3CC/C(=C\C4=C5N(CC(O)CS(=O)(=O)O)c6ccc(S(=O)(=O)O)cc6C5(C)CCC4)C3=[N+](CCSOOO)CCS(=O)(=O)O)=C1N2CC(O)CS(=O)(=O)O. The summed E-state index contributed by atoms with van der Waals surface area (Å²) >= 11 is 0.742. The van der Waals surface area contributed by atoms with Crippen LogP contribution in [0.2, 0.25) is 0 Å². The van der Waals surface area contributed by atoms with Gasteiger partial charge in [0.25, 0.3) is 40.5 Å². The van der Waals surface area contributed by atoms with Gasteiger partial charge in [0.05, 0.1) is 22.9 Å². The summed E-state index contributed by atoms with van der Waals surface area (Å²) in [6.07, 6.45) is 5.33. The predicted molar refractivity (Wildman–Crippen MR) is 258 cm³/mol. The van der Waals surface area contributed by atoms with E-state index < -0.39 is 80.8 Å². The Morgan fingerprint density at radius 2 is 1.20 bits per heavy atom. The number of anilines is 2. The van der Waals surface area contributed by atoms with Gasteiger partial charge in [-0.2, -0.15) is 33.7 Å². The topological polar surface area (TPSA) is 306 Å². The molecular formula is C44H58N3O17S5+. The average Bonchev–Trinajstić information content (AvgIpc) is 3.81. The molecule has 0 saturated heterocycles. The van der Waals surface area contributed by atoms with Crippen LogP contribution in [0.25, 0.3) is 0 Å². The van der Waals surface area contributed by atoms with Gasteiger partial charge in [-0.3, -0.25) is 18.2 Å². The number of aliphatic hydroxyl groups excluding tert-OH is 2. The number of allylic oxidation sites excluding steroid dienone is 8. The molecule has 4 unspecified atom stereocenters. The number of fused-ring (bicyclic) bond motifs is 6. The first-order chi connectivity index (χ1) is 32.1. The summed E-state index contributed by atoms with van der Waals surface area (Å²) in [4.78, 5) is 3.25. The Bertz CT molecular complexity index is 3000. The summed E-state index contributed by atoms with van der Waals surface area (Å²) in [6.45, 7) is 5.38. The summed E-state index contributed by atoms with van der Waals surface area (Å²) in [5.74, 6) is -2.41. The maximum Gasteiger partial charge on any atom is 0.294 e. The maximum absolute atomic E-state index is 12.4. The molecule has 7 rings (SSSR count). The first-order valence-electron chi connectivity index (χ1n) is 22.2. The van der Waals surface area contributed by atoms with Crippen molar-refractivity contribution in [3.05, 3.63) is 98.9 Å². The largest absolute Gasteiger partial charge is 0.390 e. The van der Waals surface area contributed by atoms with Gasteiger partial charge in [0.15, 0.2) is 13.1 Å². The van der Waals surface area contributed by atoms with Gasteiger partial charge in [-0.25, -0.2) is 9.83 Å². The van der Waals surface area contributed by atoms with Gasteiger partial charge in [-0.05, 0) is 131 Å². The minimum absolute atomic E-state index is 0.108. The lowest BCUT2D eigenvalue weighted by atomic mass is 9.71. The standard InChI is InChI=1S/C44H57N3O17S5/c1-28-8-12-38-36(20-28)43(2)14-4-6-31(41(43)46(38)24-33(48)26-67(54,55)56)21-29-9-10-30(40(29)45(16-18-65-64-63-50)17-19-66(51,52)53)22-32-7-5-15-44(3)37-23-35(69(60,61)62)11-13-39(37)47(42(32)44)25-34(49)27-68(57,58)59/h8,11-13,20-23,33-34,48-49H,4-7,9-10,14-19,24-27H2,1-3H3,(H4-,50,51,52,53,54,55,56,57,58,59,60,61,62)/p+1. The second-order valence-electron chi connectivity index (χ2n) is 18.7. The predicted octanol–water partition coefficient (Wildman–Crippen LogP) is 4.53. The number of hydrogen-bond donors (Lipinski definition) is 7. The number of β-amino-alcohol motifs (C(OH)–C–C–N with tert-alkyl or cyclic N) is 2. The van der Waals surface area contributed by atoms with Crippen LogP contribution in [-0.4, -0.2) is 139 Å². The monoisotopic (exact) mass is 1060 g/mol. The molecule has 2 aliphatic heterocycles. The molecule has 20 nitrogen and oxygen atoms in total. The van der Waals surface area contributed by atoms with Crippen LogP contribution in [0.1, 0.15) is 81.9 Å². The molecule has 2 aromatic carbocycles. The first-order valence-corrected chi connectivity index (χ1v) is 29.4. The lowest BCUT2D eigenvalue weighted by Crippen LogP contribution is -2.39. The molecule has 3 aliphatic carbocycles. The van der Waals surface area contributed by atoms with Crippen molar-refractivity contribution < 1.29 is 81.3 Å². The third-order valence-corrected chi connectivity index (χ3v) is 17.3. The fraction of sp³-hybridized carbons (Fsp3) is 0.523. The molecule has 380 valence electrons. The van der Waals surface area contributed by atoms with Gasteiger partial charge in [-0.1, -0.05) is 22.7 Å². The Balaban J connectivity index is 1.45. The van der Waals surface area contributed by atoms with E-state index in [9.17, 15) is 62.1 Å². The van der Waals surface area contributed by atoms with Crippen LogP contribution in [0.5, 0.6) is 0 Å². The Labute approximate surface area is 406 Å². The summed E-state index contributed by atoms with van der Waals surface area (Å²) in [6, 6.07) is 9.96. The quantitative estimate of drug-likeness (QED) is 0.0254. The van der Waals surface area contributed by atoms with Crippen molar-refractivity contribution in [2.24, 2.45) is 0 Å². The van der Waals surface area contributed by atoms with Crippen molar-refractivity contribution in [2.75, 3.05) is 59.0 Å². The van der Waals surface area contributed by atoms with Crippen LogP contribution in [0.4, 0.5) is 11.4 Å². The molecule has 7 N–H and O–H groups in total. The lowest BCUT2D eigenvalue weighted by molar-refractivity contribution is -0.518. The zero-order valence-electron chi connectivity index (χ0n) is 38.2. The van der Waals surface area contributed by atoms with Gasteiger partial charge in [0.1, 0.15) is 17.3 Å². The highest BCUT2D eigenvalue weighted by Crippen LogP contribution is 2.57. The number of aryl methyl sites for hydroxylation is 1. The van der Waals surface area contributed by atoms with E-state index in [1.54, 1.807) is 9.48 Å². The highest BCUT2D eigenvalue weighted by molar-refractivity contribution is 7.94. The molecule has 4 atom stereocenters. The number of nitrogens with zero attached hydrogens (tertiary/aromatic N) is 3. The number of rotatable bonds is 19. The Morgan fingerprint density at radius 3 is 1.67 bits per heavy atom. The normalized spacial score (nSPS) is 24.8. The van der Waals surface area contributed by atoms with E-state index in [-0.39, 0.29) is 36.8 Å². The summed E-state index contributed by atoms with van der Waals surface area (Å²) in [5, 5.41) is 34.9. The number of benzene rings is 2. The van der Waals surface area contributed by atoms with Gasteiger partial charge < -0.3 is 20.0 Å². The maximum atomic E-state index is 12.4. The van der Waals surface area contributed by atoms with Crippen molar-refractivity contribution in [1.29, 1.82) is 0 Å². The van der Waals surface area contributed by atoms with E-state index in [2.05, 4.69) is 22.4 Å². The molecule has 5 aliphatic rings. The van der Waals surface area contributed by atoms with Crippen molar-refractivity contribution >= 4 is 69.6 Å². The van der Waals surface area contributed by atoms with Gasteiger partial charge in [0, 0.05) is 69.9 Å². The highest BCUT2D eigenvalue weighted by atomic mass is 32.2. The Hall–Kier alpha value is -3.54. The van der Waals surface area contributed by atoms with Crippen LogP contribution >= 0.6 is 12.0 Å². The summed E-state index contributed by atoms with van der Waals surface area (Å²) < 4.78 is 143. The van der Waals surface area contributed by atoms with E-state index in [0.29, 0.717) is 61.2 Å². The molecule has 0 spiro atoms. The third kappa shape index (κ3) is 11.9. The zero-order chi connectivity index (χ0) is 50.5. The fourth-order valence-electron chi connectivity index (χ4n) is 11.1. The lowest BCUT2D eigenvalue weighted by Gasteiger charge is -2.37. The van der Waals surface area contributed by atoms with Gasteiger partial charge >= 0.3 is 0 Å². The van der Waals surface area contributed by atoms with Gasteiger partial charge in [-0.15, -0.1) is 4.33 Å². The minimum Gasteiger partial charge on any atom is -0.390 e. The second kappa shape index (κ2) is 20.2. The van der Waals surface area contributed by atoms with E-state index in [0.717, 1.165) is 69.7 Å². The second-order valence-corrected chi connectivity index (χ2v) is 25.5. The molecule has 1 saturated carbocycles. The van der Waals surface area contributed by atoms with Crippen molar-refractivity contribution in [2.45, 2.75) is 100 Å². The van der Waals surface area contributed by atoms with Crippen LogP contribution in [0.3, 0.4) is 0 Å². The van der Waals surface area contributed by atoms with Crippen LogP contribution in [-0.2, 0) is 60.7 Å². The highest BCUT2D eigenvalue weighted by Gasteiger charge is 2.49. The molecule has 1 fully saturated rings. The smallest absolute Gasteiger partial charge is 0.294 e. The zero-order valence-corrected chi connectivity index (χ0v) is 42.3. The van der Waals surface area contributed by atoms with E-state index in [4.69, 9.17) is 5.26 Å². The number of hydrogen-bond acceptors (Lipinski definition) is 16. The van der Waals surface area contributed by atoms with E-state index in [1.165, 1.54) is 18.2 Å². The van der Waals surface area contributed by atoms with Crippen LogP contribution < -0.4 is 9.80 Å². The molecule has 0 radical (unpaired) electrons. The third-order valence-electron chi connectivity index (χ3n) is 13.6. The van der Waals surface area contributed by atoms with Crippen molar-refractivity contribution in [1.82, 2.24) is 0 Å². The molecule has 69 heavy (non-hydrogen) atoms. The van der Waals surface area contributed by atoms with Crippen LogP contribution in [0.15, 0.2) is 87.1 Å². The molecule has 0 aromatic heterocycles. The summed E-state index contributed by atoms with van der Waals surface area (Å²) in [5.41, 5.74) is 7.37.